The number of ketones is 1. The Morgan fingerprint density at radius 1 is 1.15 bits per heavy atom. The van der Waals surface area contributed by atoms with Crippen molar-refractivity contribution in [3.05, 3.63) is 62.5 Å². The van der Waals surface area contributed by atoms with E-state index in [2.05, 4.69) is 4.98 Å². The second kappa shape index (κ2) is 8.70. The van der Waals surface area contributed by atoms with E-state index in [1.54, 1.807) is 12.1 Å². The van der Waals surface area contributed by atoms with Gasteiger partial charge >= 0.3 is 0 Å². The molecule has 1 aromatic heterocycles. The number of rotatable bonds is 5. The molecule has 1 saturated carbocycles. The Morgan fingerprint density at radius 3 is 2.67 bits per heavy atom. The monoisotopic (exact) mass is 487 g/mol. The first-order valence-electron chi connectivity index (χ1n) is 8.82. The van der Waals surface area contributed by atoms with Gasteiger partial charge in [0.05, 0.1) is 24.0 Å². The van der Waals surface area contributed by atoms with E-state index in [-0.39, 0.29) is 18.4 Å². The lowest BCUT2D eigenvalue weighted by molar-refractivity contribution is -0.0445. The number of aliphatic hydroxyl groups excluding tert-OH is 2. The summed E-state index contributed by atoms with van der Waals surface area (Å²) in [4.78, 5) is 16.6. The fourth-order valence-corrected chi connectivity index (χ4v) is 4.05. The molecule has 1 heterocycles. The van der Waals surface area contributed by atoms with E-state index in [1.807, 2.05) is 22.6 Å². The molecule has 1 aliphatic rings. The van der Waals surface area contributed by atoms with E-state index in [1.165, 1.54) is 12.3 Å². The van der Waals surface area contributed by atoms with Crippen LogP contribution in [0.15, 0.2) is 30.6 Å². The van der Waals surface area contributed by atoms with Crippen LogP contribution >= 0.6 is 22.6 Å². The van der Waals surface area contributed by atoms with Crippen molar-refractivity contribution in [3.63, 3.8) is 0 Å². The summed E-state index contributed by atoms with van der Waals surface area (Å²) in [6, 6.07) is 4.73. The fraction of sp³-hybridized carbons (Fsp3) is 0.400. The lowest BCUT2D eigenvalue weighted by Gasteiger charge is -2.31. The number of aliphatic hydroxyl groups is 2. The van der Waals surface area contributed by atoms with Crippen molar-refractivity contribution < 1.29 is 23.8 Å². The van der Waals surface area contributed by atoms with Crippen molar-refractivity contribution in [2.45, 2.75) is 44.3 Å². The summed E-state index contributed by atoms with van der Waals surface area (Å²) in [7, 11) is 0. The molecule has 27 heavy (non-hydrogen) atoms. The molecule has 0 amide bonds. The van der Waals surface area contributed by atoms with Crippen molar-refractivity contribution in [2.75, 3.05) is 0 Å². The molecule has 7 heteroatoms. The number of Topliss-reactive ketones (excluding diaryl/α,β-unsaturated/α-hetero) is 1. The standard InChI is InChI=1S/C20H20F2INO3/c21-15-8-14(23)5-4-11(15)6-13-9-24-10-16(22)19(13)18(26)7-12-2-1-3-17(25)20(12)27/h4-5,8-10,12,17,20,25,27H,1-3,6-7H2/t12-,17+,20-/m0/s1. The van der Waals surface area contributed by atoms with E-state index < -0.39 is 35.5 Å². The summed E-state index contributed by atoms with van der Waals surface area (Å²) in [5, 5.41) is 19.9. The van der Waals surface area contributed by atoms with Gasteiger partial charge in [-0.15, -0.1) is 0 Å². The van der Waals surface area contributed by atoms with Gasteiger partial charge in [-0.25, -0.2) is 8.78 Å². The molecule has 0 saturated heterocycles. The number of carbonyl (C=O) groups is 1. The highest BCUT2D eigenvalue weighted by atomic mass is 127. The Kier molecular flexibility index (Phi) is 6.54. The van der Waals surface area contributed by atoms with Gasteiger partial charge in [0.15, 0.2) is 11.6 Å². The fourth-order valence-electron chi connectivity index (χ4n) is 3.60. The third kappa shape index (κ3) is 4.70. The lowest BCUT2D eigenvalue weighted by atomic mass is 9.80. The zero-order valence-corrected chi connectivity index (χ0v) is 16.7. The number of halogens is 3. The predicted molar refractivity (Wildman–Crippen MR) is 104 cm³/mol. The maximum absolute atomic E-state index is 14.4. The van der Waals surface area contributed by atoms with Crippen LogP contribution in [0.1, 0.15) is 47.2 Å². The SMILES string of the molecule is O=C(C[C@@H]1CCC[C@@H](O)[C@H]1O)c1c(F)cncc1Cc1ccc(I)cc1F. The summed E-state index contributed by atoms with van der Waals surface area (Å²) in [5.41, 5.74) is 0.547. The number of pyridine rings is 1. The highest BCUT2D eigenvalue weighted by Gasteiger charge is 2.33. The van der Waals surface area contributed by atoms with Crippen LogP contribution in [-0.4, -0.2) is 33.2 Å². The average Bonchev–Trinajstić information content (AvgIpc) is 2.61. The van der Waals surface area contributed by atoms with E-state index in [9.17, 15) is 23.8 Å². The quantitative estimate of drug-likeness (QED) is 0.499. The smallest absolute Gasteiger partial charge is 0.166 e. The second-order valence-electron chi connectivity index (χ2n) is 6.94. The van der Waals surface area contributed by atoms with E-state index in [0.29, 0.717) is 30.4 Å². The Balaban J connectivity index is 1.85. The van der Waals surface area contributed by atoms with Gasteiger partial charge in [0.25, 0.3) is 0 Å². The number of carbonyl (C=O) groups excluding carboxylic acids is 1. The Labute approximate surface area is 169 Å². The minimum Gasteiger partial charge on any atom is -0.390 e. The molecule has 2 aromatic rings. The third-order valence-corrected chi connectivity index (χ3v) is 5.72. The molecular formula is C20H20F2INO3. The molecule has 144 valence electrons. The lowest BCUT2D eigenvalue weighted by Crippen LogP contribution is -2.38. The second-order valence-corrected chi connectivity index (χ2v) is 8.19. The van der Waals surface area contributed by atoms with Crippen LogP contribution in [0.3, 0.4) is 0 Å². The summed E-state index contributed by atoms with van der Waals surface area (Å²) in [6.07, 6.45) is 2.25. The predicted octanol–water partition coefficient (Wildman–Crippen LogP) is 3.65. The van der Waals surface area contributed by atoms with Crippen molar-refractivity contribution in [1.82, 2.24) is 4.98 Å². The molecule has 0 aliphatic heterocycles. The van der Waals surface area contributed by atoms with E-state index in [0.717, 1.165) is 9.77 Å². The summed E-state index contributed by atoms with van der Waals surface area (Å²) in [5.74, 6) is -2.06. The third-order valence-electron chi connectivity index (χ3n) is 5.05. The van der Waals surface area contributed by atoms with Gasteiger partial charge in [-0.05, 0) is 64.6 Å². The molecular weight excluding hydrogens is 467 g/mol. The molecule has 4 nitrogen and oxygen atoms in total. The number of nitrogens with zero attached hydrogens (tertiary/aromatic N) is 1. The number of hydrogen-bond acceptors (Lipinski definition) is 4. The van der Waals surface area contributed by atoms with Crippen molar-refractivity contribution >= 4 is 28.4 Å². The molecule has 3 rings (SSSR count). The van der Waals surface area contributed by atoms with Crippen molar-refractivity contribution in [3.8, 4) is 0 Å². The molecule has 0 radical (unpaired) electrons. The minimum absolute atomic E-state index is 0.0461. The van der Waals surface area contributed by atoms with Crippen LogP contribution in [0.4, 0.5) is 8.78 Å². The zero-order valence-electron chi connectivity index (χ0n) is 14.5. The van der Waals surface area contributed by atoms with Crippen LogP contribution in [0.25, 0.3) is 0 Å². The van der Waals surface area contributed by atoms with Crippen LogP contribution in [0, 0.1) is 21.1 Å². The Morgan fingerprint density at radius 2 is 1.93 bits per heavy atom. The summed E-state index contributed by atoms with van der Waals surface area (Å²) < 4.78 is 29.3. The van der Waals surface area contributed by atoms with Crippen LogP contribution in [0.2, 0.25) is 0 Å². The maximum Gasteiger partial charge on any atom is 0.166 e. The molecule has 1 fully saturated rings. The van der Waals surface area contributed by atoms with Gasteiger partial charge in [-0.2, -0.15) is 0 Å². The molecule has 0 bridgehead atoms. The highest BCUT2D eigenvalue weighted by molar-refractivity contribution is 14.1. The van der Waals surface area contributed by atoms with Gasteiger partial charge in [0.1, 0.15) is 5.82 Å². The number of benzene rings is 1. The number of aromatic nitrogens is 1. The van der Waals surface area contributed by atoms with Crippen molar-refractivity contribution in [2.24, 2.45) is 5.92 Å². The average molecular weight is 487 g/mol. The maximum atomic E-state index is 14.4. The molecule has 1 aromatic carbocycles. The summed E-state index contributed by atoms with van der Waals surface area (Å²) >= 11 is 2.00. The van der Waals surface area contributed by atoms with Gasteiger partial charge in [0, 0.05) is 22.6 Å². The Hall–Kier alpha value is -1.45. The van der Waals surface area contributed by atoms with Gasteiger partial charge in [-0.3, -0.25) is 9.78 Å². The first-order valence-corrected chi connectivity index (χ1v) is 9.90. The van der Waals surface area contributed by atoms with Crippen LogP contribution < -0.4 is 0 Å². The topological polar surface area (TPSA) is 70.4 Å². The van der Waals surface area contributed by atoms with Crippen molar-refractivity contribution in [1.29, 1.82) is 0 Å². The minimum atomic E-state index is -0.996. The van der Waals surface area contributed by atoms with Gasteiger partial charge in [0.2, 0.25) is 0 Å². The summed E-state index contributed by atoms with van der Waals surface area (Å²) in [6.45, 7) is 0. The van der Waals surface area contributed by atoms with Crippen LogP contribution in [0.5, 0.6) is 0 Å². The molecule has 2 N–H and O–H groups in total. The largest absolute Gasteiger partial charge is 0.390 e. The normalized spacial score (nSPS) is 22.6. The highest BCUT2D eigenvalue weighted by Crippen LogP contribution is 2.30. The first kappa shape index (κ1) is 20.3. The number of hydrogen-bond donors (Lipinski definition) is 2. The molecule has 1 aliphatic carbocycles. The van der Waals surface area contributed by atoms with E-state index >= 15 is 0 Å². The van der Waals surface area contributed by atoms with Gasteiger partial charge < -0.3 is 10.2 Å². The van der Waals surface area contributed by atoms with E-state index in [4.69, 9.17) is 0 Å². The molecule has 0 spiro atoms. The first-order chi connectivity index (χ1) is 12.9. The zero-order chi connectivity index (χ0) is 19.6. The Bertz CT molecular complexity index is 846. The molecule has 0 unspecified atom stereocenters. The van der Waals surface area contributed by atoms with Gasteiger partial charge in [-0.1, -0.05) is 12.5 Å². The van der Waals surface area contributed by atoms with Crippen LogP contribution in [-0.2, 0) is 6.42 Å². The molecule has 3 atom stereocenters.